The van der Waals surface area contributed by atoms with Gasteiger partial charge in [0.2, 0.25) is 0 Å². The molecule has 0 radical (unpaired) electrons. The number of fused-ring (bicyclic) bond motifs is 1. The maximum absolute atomic E-state index is 13.9. The highest BCUT2D eigenvalue weighted by Gasteiger charge is 2.39. The number of methoxy groups -OCH3 is 1. The second-order valence-corrected chi connectivity index (χ2v) is 9.16. The van der Waals surface area contributed by atoms with Crippen molar-refractivity contribution in [2.24, 2.45) is 0 Å². The Labute approximate surface area is 203 Å². The lowest BCUT2D eigenvalue weighted by Crippen LogP contribution is -2.56. The van der Waals surface area contributed by atoms with Gasteiger partial charge >= 0.3 is 0 Å². The van der Waals surface area contributed by atoms with Crippen LogP contribution < -0.4 is 19.7 Å². The zero-order chi connectivity index (χ0) is 25.5. The number of hydrogen-bond donors (Lipinski definition) is 2. The molecule has 0 spiro atoms. The molecule has 1 unspecified atom stereocenters. The van der Waals surface area contributed by atoms with Crippen LogP contribution in [0.4, 0.5) is 21.5 Å². The van der Waals surface area contributed by atoms with Crippen molar-refractivity contribution >= 4 is 17.1 Å². The van der Waals surface area contributed by atoms with E-state index in [0.717, 1.165) is 11.3 Å². The summed E-state index contributed by atoms with van der Waals surface area (Å²) in [5.41, 5.74) is 3.30. The number of rotatable bonds is 6. The molecule has 3 aromatic rings. The van der Waals surface area contributed by atoms with Crippen molar-refractivity contribution in [2.45, 2.75) is 39.1 Å². The van der Waals surface area contributed by atoms with Gasteiger partial charge in [0.15, 0.2) is 0 Å². The molecule has 0 saturated carbocycles. The van der Waals surface area contributed by atoms with Gasteiger partial charge in [-0.1, -0.05) is 12.1 Å². The number of nitrogens with one attached hydrogen (secondary N) is 1. The van der Waals surface area contributed by atoms with E-state index in [-0.39, 0.29) is 12.3 Å². The molecule has 0 amide bonds. The molecule has 0 aliphatic carbocycles. The number of nitrogens with zero attached hydrogens (tertiary/aromatic N) is 2. The Kier molecular flexibility index (Phi) is 6.29. The summed E-state index contributed by atoms with van der Waals surface area (Å²) in [6.45, 7) is 5.62. The van der Waals surface area contributed by atoms with Gasteiger partial charge in [0, 0.05) is 36.4 Å². The number of likely N-dealkylation sites (N-methyl/N-ethyl adjacent to an activating group) is 1. The summed E-state index contributed by atoms with van der Waals surface area (Å²) >= 11 is 0. The van der Waals surface area contributed by atoms with Crippen LogP contribution in [0.5, 0.6) is 11.5 Å². The highest BCUT2D eigenvalue weighted by molar-refractivity contribution is 5.87. The Morgan fingerprint density at radius 1 is 1.14 bits per heavy atom. The molecule has 1 aliphatic heterocycles. The summed E-state index contributed by atoms with van der Waals surface area (Å²) in [6.07, 6.45) is -0.869. The van der Waals surface area contributed by atoms with Crippen LogP contribution in [0.3, 0.4) is 0 Å². The number of nitro benzene ring substituents is 1. The number of aliphatic hydroxyl groups excluding tert-OH is 1. The fraction of sp³-hybridized carbons (Fsp3) is 0.308. The van der Waals surface area contributed by atoms with Crippen LogP contribution in [-0.2, 0) is 6.61 Å². The molecule has 35 heavy (non-hydrogen) atoms. The first-order valence-corrected chi connectivity index (χ1v) is 11.1. The summed E-state index contributed by atoms with van der Waals surface area (Å²) in [4.78, 5) is 12.8. The fourth-order valence-corrected chi connectivity index (χ4v) is 4.46. The van der Waals surface area contributed by atoms with E-state index in [1.807, 2.05) is 32.9 Å². The molecule has 0 saturated heterocycles. The number of benzene rings is 3. The molecule has 2 N–H and O–H groups in total. The van der Waals surface area contributed by atoms with Crippen molar-refractivity contribution in [3.05, 3.63) is 75.6 Å². The first-order chi connectivity index (χ1) is 16.5. The number of non-ortho nitro benzene ring substituents is 1. The highest BCUT2D eigenvalue weighted by Crippen LogP contribution is 2.46. The Morgan fingerprint density at radius 3 is 2.57 bits per heavy atom. The monoisotopic (exact) mass is 481 g/mol. The minimum atomic E-state index is -0.869. The average Bonchev–Trinajstić information content (AvgIpc) is 2.82. The number of aryl methyl sites for hydroxylation is 1. The van der Waals surface area contributed by atoms with Gasteiger partial charge in [0.1, 0.15) is 30.2 Å². The van der Waals surface area contributed by atoms with Gasteiger partial charge in [0.25, 0.3) is 5.69 Å². The Morgan fingerprint density at radius 2 is 1.89 bits per heavy atom. The molecule has 0 bridgehead atoms. The number of halogens is 1. The van der Waals surface area contributed by atoms with Gasteiger partial charge in [-0.3, -0.25) is 10.1 Å². The summed E-state index contributed by atoms with van der Waals surface area (Å²) in [7, 11) is 3.27. The van der Waals surface area contributed by atoms with Gasteiger partial charge in [-0.2, -0.15) is 0 Å². The van der Waals surface area contributed by atoms with E-state index in [1.54, 1.807) is 24.1 Å². The quantitative estimate of drug-likeness (QED) is 0.366. The Bertz CT molecular complexity index is 1290. The molecular weight excluding hydrogens is 453 g/mol. The van der Waals surface area contributed by atoms with E-state index >= 15 is 0 Å². The van der Waals surface area contributed by atoms with E-state index < -0.39 is 22.5 Å². The first kappa shape index (κ1) is 24.3. The third-order valence-electron chi connectivity index (χ3n) is 6.31. The standard InChI is InChI=1S/C26H28FN3O5/c1-15-6-7-16(27)12-23(15)35-14-20-18(19-13-17(30(32)33)8-11-22(19)34-5)9-10-21-24(20)29(4)25(31)26(2,3)28-21/h6-13,25,28,31H,14H2,1-5H3. The zero-order valence-electron chi connectivity index (χ0n) is 20.3. The predicted molar refractivity (Wildman–Crippen MR) is 133 cm³/mol. The van der Waals surface area contributed by atoms with Gasteiger partial charge in [-0.25, -0.2) is 4.39 Å². The molecule has 4 rings (SSSR count). The molecule has 0 aromatic heterocycles. The smallest absolute Gasteiger partial charge is 0.270 e. The third-order valence-corrected chi connectivity index (χ3v) is 6.31. The molecule has 0 fully saturated rings. The van der Waals surface area contributed by atoms with Crippen LogP contribution in [0, 0.1) is 22.9 Å². The Balaban J connectivity index is 1.92. The van der Waals surface area contributed by atoms with Crippen molar-refractivity contribution in [1.29, 1.82) is 0 Å². The van der Waals surface area contributed by atoms with Gasteiger partial charge in [-0.05, 0) is 50.1 Å². The van der Waals surface area contributed by atoms with E-state index in [9.17, 15) is 19.6 Å². The Hall–Kier alpha value is -3.85. The van der Waals surface area contributed by atoms with E-state index in [4.69, 9.17) is 9.47 Å². The van der Waals surface area contributed by atoms with Crippen molar-refractivity contribution < 1.29 is 23.9 Å². The largest absolute Gasteiger partial charge is 0.496 e. The van der Waals surface area contributed by atoms with Gasteiger partial charge < -0.3 is 24.8 Å². The average molecular weight is 482 g/mol. The number of hydrogen-bond acceptors (Lipinski definition) is 7. The third kappa shape index (κ3) is 4.46. The summed E-state index contributed by atoms with van der Waals surface area (Å²) in [6, 6.07) is 12.4. The molecule has 1 aliphatic rings. The lowest BCUT2D eigenvalue weighted by molar-refractivity contribution is -0.384. The topological polar surface area (TPSA) is 97.1 Å². The molecule has 184 valence electrons. The SMILES string of the molecule is COc1ccc([N+](=O)[O-])cc1-c1ccc2c(c1COc1cc(F)ccc1C)N(C)C(O)C(C)(C)N2. The maximum Gasteiger partial charge on any atom is 0.270 e. The van der Waals surface area contributed by atoms with Crippen LogP contribution in [0.1, 0.15) is 25.0 Å². The number of anilines is 2. The molecule has 1 atom stereocenters. The molecule has 9 heteroatoms. The van der Waals surface area contributed by atoms with Crippen LogP contribution >= 0.6 is 0 Å². The minimum absolute atomic E-state index is 0.0216. The zero-order valence-corrected chi connectivity index (χ0v) is 20.3. The first-order valence-electron chi connectivity index (χ1n) is 11.1. The van der Waals surface area contributed by atoms with Crippen molar-refractivity contribution in [3.63, 3.8) is 0 Å². The molecule has 1 heterocycles. The van der Waals surface area contributed by atoms with Gasteiger partial charge in [-0.15, -0.1) is 0 Å². The van der Waals surface area contributed by atoms with Crippen LogP contribution in [0.15, 0.2) is 48.5 Å². The number of nitro groups is 1. The number of ether oxygens (including phenoxy) is 2. The summed E-state index contributed by atoms with van der Waals surface area (Å²) in [5, 5.41) is 25.8. The second-order valence-electron chi connectivity index (χ2n) is 9.16. The van der Waals surface area contributed by atoms with Gasteiger partial charge in [0.05, 0.1) is 28.9 Å². The molecular formula is C26H28FN3O5. The summed E-state index contributed by atoms with van der Waals surface area (Å²) < 4.78 is 25.5. The van der Waals surface area contributed by atoms with Crippen LogP contribution in [-0.4, -0.2) is 36.0 Å². The van der Waals surface area contributed by atoms with Crippen LogP contribution in [0.2, 0.25) is 0 Å². The van der Waals surface area contributed by atoms with Crippen molar-refractivity contribution in [3.8, 4) is 22.6 Å². The lowest BCUT2D eigenvalue weighted by Gasteiger charge is -2.46. The molecule has 8 nitrogen and oxygen atoms in total. The van der Waals surface area contributed by atoms with E-state index in [0.29, 0.717) is 33.9 Å². The minimum Gasteiger partial charge on any atom is -0.496 e. The maximum atomic E-state index is 13.9. The van der Waals surface area contributed by atoms with E-state index in [1.165, 1.54) is 31.4 Å². The summed E-state index contributed by atoms with van der Waals surface area (Å²) in [5.74, 6) is 0.412. The fourth-order valence-electron chi connectivity index (χ4n) is 4.46. The normalized spacial score (nSPS) is 16.3. The molecule has 3 aromatic carbocycles. The van der Waals surface area contributed by atoms with Crippen LogP contribution in [0.25, 0.3) is 11.1 Å². The second kappa shape index (κ2) is 9.07. The predicted octanol–water partition coefficient (Wildman–Crippen LogP) is 5.26. The van der Waals surface area contributed by atoms with Crippen molar-refractivity contribution in [1.82, 2.24) is 0 Å². The van der Waals surface area contributed by atoms with E-state index in [2.05, 4.69) is 5.32 Å². The number of aliphatic hydroxyl groups is 1. The highest BCUT2D eigenvalue weighted by atomic mass is 19.1. The lowest BCUT2D eigenvalue weighted by atomic mass is 9.91. The van der Waals surface area contributed by atoms with Crippen molar-refractivity contribution in [2.75, 3.05) is 24.4 Å².